The lowest BCUT2D eigenvalue weighted by atomic mass is 10.2. The summed E-state index contributed by atoms with van der Waals surface area (Å²) < 4.78 is 147. The number of carbonyl (C=O) groups excluding carboxylic acids is 9. The monoisotopic (exact) mass is 2100 g/mol. The zero-order valence-electron chi connectivity index (χ0n) is 83.8. The Hall–Kier alpha value is -13.7. The smallest absolute Gasteiger partial charge is 0.414 e. The number of azide groups is 1. The van der Waals surface area contributed by atoms with Crippen molar-refractivity contribution in [3.8, 4) is 0 Å². The van der Waals surface area contributed by atoms with Gasteiger partial charge in [0.1, 0.15) is 89.6 Å². The molecule has 5 saturated heterocycles. The molecular formula is C94H136F5N23O24S. The van der Waals surface area contributed by atoms with Gasteiger partial charge in [0.05, 0.1) is 122 Å². The van der Waals surface area contributed by atoms with Crippen molar-refractivity contribution < 1.29 is 136 Å². The number of benzene rings is 6. The first-order valence-corrected chi connectivity index (χ1v) is 48.9. The number of nitrogens with zero attached hydrogens (tertiary/aromatic N) is 13. The van der Waals surface area contributed by atoms with Crippen molar-refractivity contribution in [3.05, 3.63) is 166 Å². The number of nitrogens with two attached hydrogens (primary N) is 6. The molecule has 0 bridgehead atoms. The Morgan fingerprint density at radius 1 is 0.401 bits per heavy atom. The maximum absolute atomic E-state index is 14.9. The first-order chi connectivity index (χ1) is 69.7. The fourth-order valence-electron chi connectivity index (χ4n) is 14.6. The summed E-state index contributed by atoms with van der Waals surface area (Å²) in [4.78, 5) is 124. The highest BCUT2D eigenvalue weighted by Crippen LogP contribution is 2.35. The largest absolute Gasteiger partial charge is 0.445 e. The zero-order chi connectivity index (χ0) is 108. The number of carbonyl (C=O) groups is 9. The zero-order valence-corrected chi connectivity index (χ0v) is 84.7. The van der Waals surface area contributed by atoms with Crippen molar-refractivity contribution in [2.75, 3.05) is 252 Å². The normalized spacial score (nSPS) is 16.3. The van der Waals surface area contributed by atoms with Gasteiger partial charge in [0.2, 0.25) is 0 Å². The average molecular weight is 2100 g/mol. The number of anilines is 10. The maximum atomic E-state index is 14.9. The number of rotatable bonds is 44. The molecule has 9 amide bonds. The van der Waals surface area contributed by atoms with E-state index in [1.165, 1.54) is 60.9 Å². The van der Waals surface area contributed by atoms with Gasteiger partial charge in [-0.15, -0.1) is 0 Å². The number of aliphatic hydroxyl groups is 3. The number of hydrogen-bond acceptors (Lipinski definition) is 36. The van der Waals surface area contributed by atoms with E-state index in [0.717, 1.165) is 11.8 Å². The number of amides is 9. The van der Waals surface area contributed by atoms with Crippen LogP contribution in [0.15, 0.2) is 126 Å². The molecule has 0 spiro atoms. The molecule has 5 atom stereocenters. The van der Waals surface area contributed by atoms with Crippen LogP contribution in [0.5, 0.6) is 0 Å². The van der Waals surface area contributed by atoms with E-state index in [0.29, 0.717) is 124 Å². The lowest BCUT2D eigenvalue weighted by molar-refractivity contribution is 0.0517. The third-order valence-corrected chi connectivity index (χ3v) is 21.7. The summed E-state index contributed by atoms with van der Waals surface area (Å²) in [7, 11) is -3.68. The predicted molar refractivity (Wildman–Crippen MR) is 539 cm³/mol. The van der Waals surface area contributed by atoms with Crippen molar-refractivity contribution in [1.82, 2.24) is 21.3 Å². The van der Waals surface area contributed by atoms with Gasteiger partial charge < -0.3 is 138 Å². The van der Waals surface area contributed by atoms with Crippen molar-refractivity contribution >= 4 is 122 Å². The molecular weight excluding hydrogens is 1960 g/mol. The molecule has 0 aromatic heterocycles. The van der Waals surface area contributed by atoms with Crippen LogP contribution in [-0.4, -0.2) is 329 Å². The van der Waals surface area contributed by atoms with E-state index in [1.807, 2.05) is 30.3 Å². The minimum absolute atomic E-state index is 0.00817. The highest BCUT2D eigenvalue weighted by atomic mass is 32.2. The van der Waals surface area contributed by atoms with Crippen molar-refractivity contribution in [3.63, 3.8) is 0 Å². The Morgan fingerprint density at radius 2 is 0.646 bits per heavy atom. The first kappa shape index (κ1) is 120. The Kier molecular flexibility index (Phi) is 47.9. The Bertz CT molecular complexity index is 5460. The summed E-state index contributed by atoms with van der Waals surface area (Å²) >= 11 is 0. The molecule has 5 fully saturated rings. The minimum Gasteiger partial charge on any atom is -0.445 e. The first-order valence-electron chi connectivity index (χ1n) is 47.1. The summed E-state index contributed by atoms with van der Waals surface area (Å²) in [5, 5.41) is 41.2. The second kappa shape index (κ2) is 58.6. The maximum Gasteiger partial charge on any atom is 0.414 e. The average Bonchev–Trinajstić information content (AvgIpc) is 1.71. The van der Waals surface area contributed by atoms with Gasteiger partial charge in [-0.05, 0) is 164 Å². The van der Waals surface area contributed by atoms with Gasteiger partial charge >= 0.3 is 54.8 Å². The number of cyclic esters (lactones) is 5. The fourth-order valence-corrected chi connectivity index (χ4v) is 15.0. The summed E-state index contributed by atoms with van der Waals surface area (Å²) in [6.45, 7) is 22.0. The number of ether oxygens (including phenoxy) is 9. The van der Waals surface area contributed by atoms with E-state index in [-0.39, 0.29) is 136 Å². The summed E-state index contributed by atoms with van der Waals surface area (Å²) in [5.41, 5.74) is 44.3. The Morgan fingerprint density at radius 3 is 0.884 bits per heavy atom. The van der Waals surface area contributed by atoms with E-state index < -0.39 is 141 Å². The molecule has 5 aliphatic heterocycles. The van der Waals surface area contributed by atoms with Crippen LogP contribution in [-0.2, 0) is 63.5 Å². The molecule has 0 radical (unpaired) electrons. The third kappa shape index (κ3) is 39.9. The quantitative estimate of drug-likeness (QED) is 0.00445. The van der Waals surface area contributed by atoms with Crippen LogP contribution in [0.4, 0.5) is 122 Å². The van der Waals surface area contributed by atoms with Crippen LogP contribution >= 0.6 is 0 Å². The number of hydrogen-bond donors (Lipinski definition) is 13. The second-order valence-electron chi connectivity index (χ2n) is 36.2. The molecule has 53 heteroatoms. The van der Waals surface area contributed by atoms with Gasteiger partial charge in [-0.25, -0.2) is 65.1 Å². The second-order valence-corrected chi connectivity index (χ2v) is 37.8. The Balaban J connectivity index is 0.000000250. The molecule has 147 heavy (non-hydrogen) atoms. The molecule has 0 saturated carbocycles. The lowest BCUT2D eigenvalue weighted by Gasteiger charge is -2.26. The van der Waals surface area contributed by atoms with Crippen molar-refractivity contribution in [2.24, 2.45) is 39.5 Å². The number of aliphatic hydroxyl groups excluding tert-OH is 3. The predicted octanol–water partition coefficient (Wildman–Crippen LogP) is 7.30. The Labute approximate surface area is 848 Å². The van der Waals surface area contributed by atoms with E-state index in [2.05, 4.69) is 35.5 Å². The summed E-state index contributed by atoms with van der Waals surface area (Å²) in [6, 6.07) is 31.2. The van der Waals surface area contributed by atoms with Crippen LogP contribution in [0.2, 0.25) is 0 Å². The topological polar surface area (TPSA) is 626 Å². The standard InChI is InChI=1S/C22H27FN4O5.C20H31FN4O7S.C19H28FN7O4.C19H29FN4O5.C14H21FN4O3/c23-19-12-17(27-13-18(14-28)32-22(27)30)6-7-20(19)26(10-8-24)11-9-25-21(29)31-15-16-4-2-1-3-5-16;1-20(2,3)32-18(26)23-8-10-24(9-7-22)17-6-5-14(11-16(17)21)25-12-15(31-19(25)27)13-30-33(4,28)29;1-19(2,3)31-17(28)23-7-9-26(8-6-21)16-5-4-13(10-15(16)20)27-12-14(11-24-25-22)30-18(27)29;1-19(2,3)29-17(26)22-7-9-23(8-6-21)16-5-4-13(10-15(16)20)24-11-14(12-25)28-18(24)27;15-12-7-10(19-8-11(9-20)22-14(19)21)1-2-13(12)18(5-3-16)6-4-17/h1-7,12,18,28H,8-11,13-15,24H2,(H,25,29);5-6,11,15H,7-10,12-13,22H2,1-4H3,(H,23,26);4-5,10,14H,6-9,11-12,21H2,1-3H3,(H,23,28);4-5,10,14,25H,6-9,11-12,21H2,1-3H3,(H,22,26);1-2,7,11,20H,3-6,8-9,16-17H2/t18-;15-;2*14-;11-/m11011/s1. The van der Waals surface area contributed by atoms with Crippen molar-refractivity contribution in [2.45, 2.75) is 116 Å². The van der Waals surface area contributed by atoms with Gasteiger partial charge in [0, 0.05) is 136 Å². The molecule has 0 aliphatic carbocycles. The molecule has 6 aromatic rings. The summed E-state index contributed by atoms with van der Waals surface area (Å²) in [5.74, 6) is -2.67. The molecule has 5 heterocycles. The SMILES string of the molecule is CC(C)(C)OC(=O)NCCN(CCN)c1ccc(N2C[C@H](CN=[N+]=[N-])OC2=O)cc1F.CC(C)(C)OC(=O)NCCN(CCN)c1ccc(N2C[C@H](CO)OC2=O)cc1F.CC(C)(C)OC(=O)NCCN(CCN)c1ccc(N2C[C@H](COS(C)(=O)=O)OC2=O)cc1F.NCCN(CCN)c1ccc(N2C[C@H](CO)OC2=O)cc1F.NCCN(CCNC(=O)OCc1ccccc1)c1ccc(N2C[C@H](CO)OC2=O)cc1F. The highest BCUT2D eigenvalue weighted by Gasteiger charge is 2.39. The van der Waals surface area contributed by atoms with Gasteiger partial charge in [-0.3, -0.25) is 28.7 Å². The van der Waals surface area contributed by atoms with E-state index in [4.69, 9.17) is 97.9 Å². The fraction of sp³-hybridized carbons (Fsp3) is 0.521. The van der Waals surface area contributed by atoms with Gasteiger partial charge in [0.25, 0.3) is 10.1 Å². The molecule has 19 N–H and O–H groups in total. The molecule has 0 unspecified atom stereocenters. The van der Waals surface area contributed by atoms with Gasteiger partial charge in [-0.1, -0.05) is 35.4 Å². The van der Waals surface area contributed by atoms with E-state index in [9.17, 15) is 73.5 Å². The number of halogens is 5. The van der Waals surface area contributed by atoms with Crippen LogP contribution < -0.4 is 105 Å². The van der Waals surface area contributed by atoms with Crippen LogP contribution in [0.25, 0.3) is 10.4 Å². The molecule has 11 rings (SSSR count). The lowest BCUT2D eigenvalue weighted by Crippen LogP contribution is -2.40. The third-order valence-electron chi connectivity index (χ3n) is 21.1. The molecule has 6 aromatic carbocycles. The highest BCUT2D eigenvalue weighted by molar-refractivity contribution is 7.86. The van der Waals surface area contributed by atoms with E-state index in [1.54, 1.807) is 141 Å². The molecule has 5 aliphatic rings. The van der Waals surface area contributed by atoms with Crippen LogP contribution in [0.3, 0.4) is 0 Å². The van der Waals surface area contributed by atoms with Gasteiger partial charge in [-0.2, -0.15) is 8.42 Å². The molecule has 812 valence electrons. The van der Waals surface area contributed by atoms with Gasteiger partial charge in [0.15, 0.2) is 0 Å². The van der Waals surface area contributed by atoms with Crippen molar-refractivity contribution in [1.29, 1.82) is 0 Å². The summed E-state index contributed by atoms with van der Waals surface area (Å²) in [6.07, 6.45) is -7.80. The van der Waals surface area contributed by atoms with Crippen LogP contribution in [0.1, 0.15) is 67.9 Å². The van der Waals surface area contributed by atoms with E-state index >= 15 is 0 Å². The van der Waals surface area contributed by atoms with Crippen LogP contribution in [0, 0.1) is 29.1 Å². The minimum atomic E-state index is -3.68. The number of nitrogens with one attached hydrogen (secondary N) is 4. The molecule has 47 nitrogen and oxygen atoms in total. The number of alkyl carbamates (subject to hydrolysis) is 4.